The minimum absolute atomic E-state index is 0.231. The van der Waals surface area contributed by atoms with Crippen molar-refractivity contribution in [3.05, 3.63) is 0 Å². The van der Waals surface area contributed by atoms with Crippen LogP contribution < -0.4 is 10.6 Å². The van der Waals surface area contributed by atoms with E-state index in [0.717, 1.165) is 32.1 Å². The second kappa shape index (κ2) is 8.12. The lowest BCUT2D eigenvalue weighted by atomic mass is 9.80. The Morgan fingerprint density at radius 3 is 2.25 bits per heavy atom. The van der Waals surface area contributed by atoms with E-state index < -0.39 is 11.4 Å². The van der Waals surface area contributed by atoms with Crippen molar-refractivity contribution in [2.45, 2.75) is 58.8 Å². The van der Waals surface area contributed by atoms with Gasteiger partial charge in [0.1, 0.15) is 0 Å². The number of urea groups is 1. The molecule has 2 amide bonds. The molecule has 5 nitrogen and oxygen atoms in total. The highest BCUT2D eigenvalue weighted by Crippen LogP contribution is 2.34. The van der Waals surface area contributed by atoms with Gasteiger partial charge in [-0.1, -0.05) is 46.0 Å². The molecule has 1 fully saturated rings. The Hall–Kier alpha value is -1.26. The maximum atomic E-state index is 11.7. The number of hydrogen-bond donors (Lipinski definition) is 3. The molecule has 0 aliphatic heterocycles. The maximum Gasteiger partial charge on any atom is 0.314 e. The third-order valence-electron chi connectivity index (χ3n) is 4.41. The number of hydrogen-bond acceptors (Lipinski definition) is 2. The number of rotatable bonds is 6. The third kappa shape index (κ3) is 5.02. The fourth-order valence-corrected chi connectivity index (χ4v) is 2.59. The Bertz CT molecular complexity index is 323. The Balaban J connectivity index is 2.46. The second-order valence-corrected chi connectivity index (χ2v) is 6.08. The molecule has 0 aromatic carbocycles. The molecule has 1 unspecified atom stereocenters. The summed E-state index contributed by atoms with van der Waals surface area (Å²) in [7, 11) is 0. The summed E-state index contributed by atoms with van der Waals surface area (Å²) in [5.74, 6) is -0.339. The second-order valence-electron chi connectivity index (χ2n) is 6.08. The van der Waals surface area contributed by atoms with E-state index in [9.17, 15) is 14.7 Å². The first-order chi connectivity index (χ1) is 9.50. The van der Waals surface area contributed by atoms with Crippen molar-refractivity contribution in [2.24, 2.45) is 11.3 Å². The molecule has 0 aromatic rings. The Labute approximate surface area is 121 Å². The van der Waals surface area contributed by atoms with Crippen LogP contribution in [0.2, 0.25) is 0 Å². The van der Waals surface area contributed by atoms with E-state index in [1.165, 1.54) is 0 Å². The van der Waals surface area contributed by atoms with Crippen molar-refractivity contribution in [1.82, 2.24) is 10.6 Å². The minimum atomic E-state index is -0.776. The van der Waals surface area contributed by atoms with Crippen molar-refractivity contribution in [2.75, 3.05) is 13.1 Å². The number of aliphatic carboxylic acids is 1. The van der Waals surface area contributed by atoms with E-state index in [0.29, 0.717) is 25.3 Å². The molecule has 0 bridgehead atoms. The summed E-state index contributed by atoms with van der Waals surface area (Å²) < 4.78 is 0. The molecular formula is C15H28N2O3. The van der Waals surface area contributed by atoms with Crippen LogP contribution in [0.25, 0.3) is 0 Å². The number of carboxylic acids is 1. The molecule has 0 aromatic heterocycles. The van der Waals surface area contributed by atoms with Gasteiger partial charge in [0.15, 0.2) is 0 Å². The Morgan fingerprint density at radius 1 is 1.15 bits per heavy atom. The van der Waals surface area contributed by atoms with E-state index in [2.05, 4.69) is 24.5 Å². The maximum absolute atomic E-state index is 11.7. The summed E-state index contributed by atoms with van der Waals surface area (Å²) in [6.45, 7) is 5.01. The molecule has 1 rings (SSSR count). The fourth-order valence-electron chi connectivity index (χ4n) is 2.59. The smallest absolute Gasteiger partial charge is 0.314 e. The highest BCUT2D eigenvalue weighted by Gasteiger charge is 2.38. The van der Waals surface area contributed by atoms with Gasteiger partial charge < -0.3 is 15.7 Å². The zero-order valence-corrected chi connectivity index (χ0v) is 12.7. The molecular weight excluding hydrogens is 256 g/mol. The monoisotopic (exact) mass is 284 g/mol. The van der Waals surface area contributed by atoms with E-state index in [1.807, 2.05) is 0 Å². The lowest BCUT2D eigenvalue weighted by Crippen LogP contribution is -2.46. The van der Waals surface area contributed by atoms with Crippen LogP contribution in [-0.4, -0.2) is 30.2 Å². The average Bonchev–Trinajstić information content (AvgIpc) is 2.69. The van der Waals surface area contributed by atoms with Gasteiger partial charge in [0.25, 0.3) is 0 Å². The predicted molar refractivity (Wildman–Crippen MR) is 78.6 cm³/mol. The van der Waals surface area contributed by atoms with Crippen molar-refractivity contribution >= 4 is 12.0 Å². The summed E-state index contributed by atoms with van der Waals surface area (Å²) >= 11 is 0. The average molecular weight is 284 g/mol. The predicted octanol–water partition coefficient (Wildman–Crippen LogP) is 2.76. The number of carboxylic acid groups (broad SMARTS) is 1. The number of amides is 2. The van der Waals surface area contributed by atoms with Gasteiger partial charge in [0, 0.05) is 13.1 Å². The lowest BCUT2D eigenvalue weighted by molar-refractivity contribution is -0.149. The quantitative estimate of drug-likeness (QED) is 0.656. The van der Waals surface area contributed by atoms with Gasteiger partial charge in [-0.15, -0.1) is 0 Å². The van der Waals surface area contributed by atoms with Crippen LogP contribution in [-0.2, 0) is 4.79 Å². The van der Waals surface area contributed by atoms with E-state index in [-0.39, 0.29) is 12.6 Å². The van der Waals surface area contributed by atoms with Crippen LogP contribution in [0.15, 0.2) is 0 Å². The van der Waals surface area contributed by atoms with Crippen LogP contribution in [0.1, 0.15) is 58.8 Å². The number of carbonyl (C=O) groups excluding carboxylic acids is 1. The fraction of sp³-hybridized carbons (Fsp3) is 0.867. The van der Waals surface area contributed by atoms with Crippen molar-refractivity contribution < 1.29 is 14.7 Å². The van der Waals surface area contributed by atoms with Crippen LogP contribution in [0.3, 0.4) is 0 Å². The van der Waals surface area contributed by atoms with E-state index in [1.54, 1.807) is 0 Å². The molecule has 0 radical (unpaired) electrons. The Morgan fingerprint density at radius 2 is 1.75 bits per heavy atom. The topological polar surface area (TPSA) is 78.4 Å². The largest absolute Gasteiger partial charge is 0.481 e. The van der Waals surface area contributed by atoms with Crippen molar-refractivity contribution in [3.8, 4) is 0 Å². The van der Waals surface area contributed by atoms with Gasteiger partial charge in [0.05, 0.1) is 5.41 Å². The van der Waals surface area contributed by atoms with Crippen LogP contribution in [0.5, 0.6) is 0 Å². The highest BCUT2D eigenvalue weighted by molar-refractivity contribution is 5.78. The Kier molecular flexibility index (Phi) is 6.82. The first-order valence-electron chi connectivity index (χ1n) is 7.75. The first-order valence-corrected chi connectivity index (χ1v) is 7.75. The van der Waals surface area contributed by atoms with E-state index >= 15 is 0 Å². The molecule has 116 valence electrons. The molecule has 1 aliphatic rings. The standard InChI is InChI=1S/C15H28N2O3/c1-3-12(2)10-16-14(20)17-11-15(13(18)19)8-6-4-5-7-9-15/h12H,3-11H2,1-2H3,(H,18,19)(H2,16,17,20). The lowest BCUT2D eigenvalue weighted by Gasteiger charge is -2.28. The van der Waals surface area contributed by atoms with Gasteiger partial charge in [-0.2, -0.15) is 0 Å². The van der Waals surface area contributed by atoms with Crippen LogP contribution in [0, 0.1) is 11.3 Å². The SMILES string of the molecule is CCC(C)CNC(=O)NCC1(C(=O)O)CCCCCC1. The van der Waals surface area contributed by atoms with Gasteiger partial charge >= 0.3 is 12.0 Å². The van der Waals surface area contributed by atoms with E-state index in [4.69, 9.17) is 0 Å². The minimum Gasteiger partial charge on any atom is -0.481 e. The molecule has 1 aliphatic carbocycles. The zero-order valence-electron chi connectivity index (χ0n) is 12.7. The molecule has 1 saturated carbocycles. The first kappa shape index (κ1) is 16.8. The summed E-state index contributed by atoms with van der Waals surface area (Å²) in [4.78, 5) is 23.3. The van der Waals surface area contributed by atoms with Gasteiger partial charge in [0.2, 0.25) is 0 Å². The zero-order chi connectivity index (χ0) is 15.0. The normalized spacial score (nSPS) is 19.7. The number of carbonyl (C=O) groups is 2. The van der Waals surface area contributed by atoms with Crippen molar-refractivity contribution in [1.29, 1.82) is 0 Å². The van der Waals surface area contributed by atoms with Gasteiger partial charge in [-0.25, -0.2) is 4.79 Å². The molecule has 0 spiro atoms. The molecule has 1 atom stereocenters. The summed E-state index contributed by atoms with van der Waals surface area (Å²) in [5, 5.41) is 15.1. The summed E-state index contributed by atoms with van der Waals surface area (Å²) in [5.41, 5.74) is -0.774. The van der Waals surface area contributed by atoms with Gasteiger partial charge in [-0.3, -0.25) is 4.79 Å². The van der Waals surface area contributed by atoms with Crippen molar-refractivity contribution in [3.63, 3.8) is 0 Å². The molecule has 5 heteroatoms. The van der Waals surface area contributed by atoms with Gasteiger partial charge in [-0.05, 0) is 18.8 Å². The third-order valence-corrected chi connectivity index (χ3v) is 4.41. The molecule has 0 heterocycles. The summed E-state index contributed by atoms with van der Waals surface area (Å²) in [6, 6.07) is -0.254. The summed E-state index contributed by atoms with van der Waals surface area (Å²) in [6.07, 6.45) is 6.39. The highest BCUT2D eigenvalue weighted by atomic mass is 16.4. The molecule has 0 saturated heterocycles. The number of nitrogens with one attached hydrogen (secondary N) is 2. The molecule has 20 heavy (non-hydrogen) atoms. The van der Waals surface area contributed by atoms with Crippen LogP contribution >= 0.6 is 0 Å². The van der Waals surface area contributed by atoms with Crippen LogP contribution in [0.4, 0.5) is 4.79 Å². The molecule has 3 N–H and O–H groups in total.